The minimum Gasteiger partial charge on any atom is -0.494 e. The molecule has 4 rings (SSSR count). The van der Waals surface area contributed by atoms with E-state index in [1.807, 2.05) is 45.3 Å². The number of hydrogen-bond donors (Lipinski definition) is 1. The normalized spacial score (nSPS) is 13.2. The SMILES string of the molecule is Cc1ncsc1-c1ccc(CNC(=O)OC(C)(C)C)c(N(CCCCOc2ccc(C=O)cc2)C2CC2)c1. The topological polar surface area (TPSA) is 80.8 Å². The van der Waals surface area contributed by atoms with E-state index in [1.54, 1.807) is 23.5 Å². The molecule has 1 saturated carbocycles. The number of carbonyl (C=O) groups is 2. The van der Waals surface area contributed by atoms with Crippen LogP contribution in [0.1, 0.15) is 68.1 Å². The van der Waals surface area contributed by atoms with E-state index in [0.29, 0.717) is 24.8 Å². The molecule has 0 spiro atoms. The molecule has 8 heteroatoms. The Balaban J connectivity index is 1.45. The molecular weight excluding hydrogens is 498 g/mol. The van der Waals surface area contributed by atoms with Gasteiger partial charge in [-0.3, -0.25) is 4.79 Å². The highest BCUT2D eigenvalue weighted by molar-refractivity contribution is 7.13. The highest BCUT2D eigenvalue weighted by atomic mass is 32.1. The molecule has 1 aliphatic rings. The zero-order chi connectivity index (χ0) is 27.1. The van der Waals surface area contributed by atoms with E-state index in [1.165, 1.54) is 17.7 Å². The van der Waals surface area contributed by atoms with Crippen LogP contribution < -0.4 is 15.0 Å². The lowest BCUT2D eigenvalue weighted by Crippen LogP contribution is -2.33. The summed E-state index contributed by atoms with van der Waals surface area (Å²) < 4.78 is 11.3. The van der Waals surface area contributed by atoms with Gasteiger partial charge in [-0.2, -0.15) is 0 Å². The maximum Gasteiger partial charge on any atom is 0.407 e. The fourth-order valence-electron chi connectivity index (χ4n) is 4.29. The number of benzene rings is 2. The van der Waals surface area contributed by atoms with Crippen LogP contribution in [0.5, 0.6) is 5.75 Å². The lowest BCUT2D eigenvalue weighted by molar-refractivity contribution is 0.0523. The van der Waals surface area contributed by atoms with E-state index in [2.05, 4.69) is 33.4 Å². The quantitative estimate of drug-likeness (QED) is 0.203. The molecule has 0 bridgehead atoms. The molecule has 1 N–H and O–H groups in total. The van der Waals surface area contributed by atoms with Crippen molar-refractivity contribution in [3.8, 4) is 16.2 Å². The number of amides is 1. The van der Waals surface area contributed by atoms with Gasteiger partial charge in [-0.15, -0.1) is 11.3 Å². The van der Waals surface area contributed by atoms with Crippen LogP contribution in [-0.4, -0.2) is 42.2 Å². The third-order valence-electron chi connectivity index (χ3n) is 6.29. The predicted molar refractivity (Wildman–Crippen MR) is 152 cm³/mol. The molecule has 202 valence electrons. The van der Waals surface area contributed by atoms with E-state index < -0.39 is 11.7 Å². The van der Waals surface area contributed by atoms with Crippen molar-refractivity contribution in [1.29, 1.82) is 0 Å². The molecule has 1 fully saturated rings. The van der Waals surface area contributed by atoms with Crippen LogP contribution in [0.15, 0.2) is 48.0 Å². The number of rotatable bonds is 12. The van der Waals surface area contributed by atoms with Crippen molar-refractivity contribution in [3.05, 3.63) is 64.8 Å². The average Bonchev–Trinajstić information content (AvgIpc) is 3.63. The fraction of sp³-hybridized carbons (Fsp3) is 0.433. The molecule has 0 saturated heterocycles. The van der Waals surface area contributed by atoms with Crippen molar-refractivity contribution in [2.24, 2.45) is 0 Å². The summed E-state index contributed by atoms with van der Waals surface area (Å²) in [6, 6.07) is 14.2. The number of nitrogens with one attached hydrogen (secondary N) is 1. The first-order chi connectivity index (χ1) is 18.2. The van der Waals surface area contributed by atoms with Gasteiger partial charge in [-0.05, 0) is 94.8 Å². The highest BCUT2D eigenvalue weighted by Crippen LogP contribution is 2.38. The smallest absolute Gasteiger partial charge is 0.407 e. The van der Waals surface area contributed by atoms with Gasteiger partial charge >= 0.3 is 6.09 Å². The Kier molecular flexibility index (Phi) is 9.05. The molecular formula is C30H37N3O4S. The second kappa shape index (κ2) is 12.4. The maximum atomic E-state index is 12.4. The second-order valence-corrected chi connectivity index (χ2v) is 11.5. The van der Waals surface area contributed by atoms with E-state index in [4.69, 9.17) is 9.47 Å². The van der Waals surface area contributed by atoms with Gasteiger partial charge in [0.15, 0.2) is 0 Å². The Labute approximate surface area is 229 Å². The molecule has 1 amide bonds. The van der Waals surface area contributed by atoms with Gasteiger partial charge in [-0.1, -0.05) is 12.1 Å². The Hall–Kier alpha value is -3.39. The maximum absolute atomic E-state index is 12.4. The van der Waals surface area contributed by atoms with Crippen molar-refractivity contribution in [2.75, 3.05) is 18.1 Å². The van der Waals surface area contributed by atoms with Crippen LogP contribution in [0.2, 0.25) is 0 Å². The molecule has 0 aliphatic heterocycles. The number of thiazole rings is 1. The van der Waals surface area contributed by atoms with Crippen molar-refractivity contribution in [2.45, 2.75) is 71.6 Å². The molecule has 38 heavy (non-hydrogen) atoms. The molecule has 0 atom stereocenters. The van der Waals surface area contributed by atoms with Gasteiger partial charge in [0, 0.05) is 30.4 Å². The van der Waals surface area contributed by atoms with Crippen LogP contribution in [-0.2, 0) is 11.3 Å². The predicted octanol–water partition coefficient (Wildman–Crippen LogP) is 6.78. The van der Waals surface area contributed by atoms with Crippen LogP contribution in [0.25, 0.3) is 10.4 Å². The first kappa shape index (κ1) is 27.6. The zero-order valence-electron chi connectivity index (χ0n) is 22.7. The third kappa shape index (κ3) is 7.81. The van der Waals surface area contributed by atoms with Crippen molar-refractivity contribution >= 4 is 29.4 Å². The van der Waals surface area contributed by atoms with Gasteiger partial charge in [0.1, 0.15) is 17.6 Å². The van der Waals surface area contributed by atoms with Crippen molar-refractivity contribution in [1.82, 2.24) is 10.3 Å². The first-order valence-corrected chi connectivity index (χ1v) is 14.1. The molecule has 7 nitrogen and oxygen atoms in total. The number of unbranched alkanes of at least 4 members (excludes halogenated alkanes) is 1. The van der Waals surface area contributed by atoms with Crippen molar-refractivity contribution < 1.29 is 19.1 Å². The van der Waals surface area contributed by atoms with Crippen LogP contribution in [0, 0.1) is 6.92 Å². The molecule has 2 aromatic carbocycles. The highest BCUT2D eigenvalue weighted by Gasteiger charge is 2.30. The van der Waals surface area contributed by atoms with E-state index in [-0.39, 0.29) is 0 Å². The number of aldehydes is 1. The molecule has 1 aliphatic carbocycles. The summed E-state index contributed by atoms with van der Waals surface area (Å²) in [6.07, 6.45) is 4.65. The number of nitrogens with zero attached hydrogens (tertiary/aromatic N) is 2. The minimum absolute atomic E-state index is 0.398. The van der Waals surface area contributed by atoms with E-state index in [9.17, 15) is 9.59 Å². The molecule has 0 unspecified atom stereocenters. The fourth-order valence-corrected chi connectivity index (χ4v) is 5.09. The number of carbonyl (C=O) groups excluding carboxylic acids is 2. The largest absolute Gasteiger partial charge is 0.494 e. The first-order valence-electron chi connectivity index (χ1n) is 13.2. The summed E-state index contributed by atoms with van der Waals surface area (Å²) in [4.78, 5) is 31.3. The monoisotopic (exact) mass is 535 g/mol. The third-order valence-corrected chi connectivity index (χ3v) is 7.27. The number of alkyl carbamates (subject to hydrolysis) is 1. The summed E-state index contributed by atoms with van der Waals surface area (Å²) in [5.41, 5.74) is 6.38. The van der Waals surface area contributed by atoms with Crippen LogP contribution in [0.4, 0.5) is 10.5 Å². The zero-order valence-corrected chi connectivity index (χ0v) is 23.5. The Morgan fingerprint density at radius 1 is 1.16 bits per heavy atom. The summed E-state index contributed by atoms with van der Waals surface area (Å²) in [5, 5.41) is 2.94. The van der Waals surface area contributed by atoms with E-state index >= 15 is 0 Å². The number of aryl methyl sites for hydroxylation is 1. The minimum atomic E-state index is -0.543. The number of aromatic nitrogens is 1. The second-order valence-electron chi connectivity index (χ2n) is 10.6. The Morgan fingerprint density at radius 2 is 1.92 bits per heavy atom. The average molecular weight is 536 g/mol. The van der Waals surface area contributed by atoms with Gasteiger partial charge in [0.05, 0.1) is 22.7 Å². The summed E-state index contributed by atoms with van der Waals surface area (Å²) in [6.45, 7) is 9.55. The lowest BCUT2D eigenvalue weighted by Gasteiger charge is -2.28. The summed E-state index contributed by atoms with van der Waals surface area (Å²) >= 11 is 1.65. The van der Waals surface area contributed by atoms with Crippen LogP contribution in [0.3, 0.4) is 0 Å². The summed E-state index contributed by atoms with van der Waals surface area (Å²) in [5.74, 6) is 0.776. The molecule has 1 heterocycles. The van der Waals surface area contributed by atoms with Gasteiger partial charge in [-0.25, -0.2) is 9.78 Å². The standard InChI is InChI=1S/C30H37N3O4S/c1-21-28(38-20-32-21)23-9-10-24(18-31-29(35)37-30(2,3)4)27(17-23)33(25-11-12-25)15-5-6-16-36-26-13-7-22(19-34)8-14-26/h7-10,13-14,17,19-20,25H,5-6,11-12,15-16,18H2,1-4H3,(H,31,35). The van der Waals surface area contributed by atoms with Gasteiger partial charge < -0.3 is 19.7 Å². The molecule has 3 aromatic rings. The van der Waals surface area contributed by atoms with Crippen molar-refractivity contribution in [3.63, 3.8) is 0 Å². The van der Waals surface area contributed by atoms with Gasteiger partial charge in [0.25, 0.3) is 0 Å². The van der Waals surface area contributed by atoms with E-state index in [0.717, 1.165) is 53.9 Å². The molecule has 1 aromatic heterocycles. The Morgan fingerprint density at radius 3 is 2.55 bits per heavy atom. The lowest BCUT2D eigenvalue weighted by atomic mass is 10.0. The van der Waals surface area contributed by atoms with Gasteiger partial charge in [0.2, 0.25) is 0 Å². The number of hydrogen-bond acceptors (Lipinski definition) is 7. The van der Waals surface area contributed by atoms with Crippen LogP contribution >= 0.6 is 11.3 Å². The Bertz CT molecular complexity index is 1230. The number of anilines is 1. The summed E-state index contributed by atoms with van der Waals surface area (Å²) in [7, 11) is 0. The number of ether oxygens (including phenoxy) is 2. The molecule has 0 radical (unpaired) electrons.